The molecule has 2 rings (SSSR count). The number of carboxylic acid groups (broad SMARTS) is 1. The number of hydrogen-bond acceptors (Lipinski definition) is 3. The van der Waals surface area contributed by atoms with Gasteiger partial charge in [-0.1, -0.05) is 18.2 Å². The van der Waals surface area contributed by atoms with Crippen LogP contribution >= 0.6 is 0 Å². The minimum atomic E-state index is -4.72. The van der Waals surface area contributed by atoms with Crippen LogP contribution in [0, 0.1) is 11.8 Å². The molecule has 1 aliphatic heterocycles. The van der Waals surface area contributed by atoms with Gasteiger partial charge in [-0.25, -0.2) is 4.79 Å². The molecule has 0 saturated carbocycles. The SMILES string of the molecule is CC(NC(=O)Nc1ccccc1)C(=O)N1C[C@@H](C(F)(F)F)[C@H](C(=O)O)C1. The van der Waals surface area contributed by atoms with Crippen molar-refractivity contribution in [3.05, 3.63) is 30.3 Å². The first-order valence-corrected chi connectivity index (χ1v) is 7.80. The maximum atomic E-state index is 13.0. The minimum absolute atomic E-state index is 0.480. The van der Waals surface area contributed by atoms with Gasteiger partial charge in [0.1, 0.15) is 6.04 Å². The molecule has 0 aromatic heterocycles. The predicted molar refractivity (Wildman–Crippen MR) is 85.3 cm³/mol. The molecule has 0 radical (unpaired) electrons. The summed E-state index contributed by atoms with van der Waals surface area (Å²) in [6.45, 7) is 0.0277. The van der Waals surface area contributed by atoms with Crippen molar-refractivity contribution in [1.29, 1.82) is 0 Å². The lowest BCUT2D eigenvalue weighted by Gasteiger charge is -2.22. The maximum absolute atomic E-state index is 13.0. The van der Waals surface area contributed by atoms with E-state index in [-0.39, 0.29) is 0 Å². The van der Waals surface area contributed by atoms with Gasteiger partial charge in [0.05, 0.1) is 11.8 Å². The second kappa shape index (κ2) is 7.63. The molecule has 1 aliphatic rings. The van der Waals surface area contributed by atoms with E-state index in [4.69, 9.17) is 5.11 Å². The molecule has 3 atom stereocenters. The first-order chi connectivity index (χ1) is 12.1. The fourth-order valence-corrected chi connectivity index (χ4v) is 2.79. The van der Waals surface area contributed by atoms with E-state index in [0.717, 1.165) is 4.90 Å². The lowest BCUT2D eigenvalue weighted by Crippen LogP contribution is -2.47. The fraction of sp³-hybridized carbons (Fsp3) is 0.438. The van der Waals surface area contributed by atoms with E-state index < -0.39 is 55.1 Å². The van der Waals surface area contributed by atoms with Crippen molar-refractivity contribution in [2.45, 2.75) is 19.1 Å². The Labute approximate surface area is 147 Å². The van der Waals surface area contributed by atoms with Gasteiger partial charge in [0, 0.05) is 18.8 Å². The standard InChI is InChI=1S/C16H18F3N3O4/c1-9(20-15(26)21-10-5-3-2-4-6-10)13(23)22-7-11(14(24)25)12(8-22)16(17,18)19/h2-6,9,11-12H,7-8H2,1H3,(H,24,25)(H2,20,21,26)/t9?,11-,12-/m1/s1. The summed E-state index contributed by atoms with van der Waals surface area (Å²) >= 11 is 0. The molecule has 1 aromatic rings. The van der Waals surface area contributed by atoms with E-state index >= 15 is 0 Å². The summed E-state index contributed by atoms with van der Waals surface area (Å²) < 4.78 is 38.9. The molecule has 26 heavy (non-hydrogen) atoms. The Balaban J connectivity index is 1.97. The third kappa shape index (κ3) is 4.64. The number of nitrogens with one attached hydrogen (secondary N) is 2. The molecule has 1 unspecified atom stereocenters. The van der Waals surface area contributed by atoms with Crippen LogP contribution in [0.25, 0.3) is 0 Å². The first kappa shape index (κ1) is 19.5. The van der Waals surface area contributed by atoms with Crippen LogP contribution in [0.2, 0.25) is 0 Å². The summed E-state index contributed by atoms with van der Waals surface area (Å²) in [5.41, 5.74) is 0.480. The summed E-state index contributed by atoms with van der Waals surface area (Å²) in [4.78, 5) is 36.1. The number of amides is 3. The molecular weight excluding hydrogens is 355 g/mol. The zero-order chi connectivity index (χ0) is 19.5. The summed E-state index contributed by atoms with van der Waals surface area (Å²) in [6.07, 6.45) is -4.72. The number of aliphatic carboxylic acids is 1. The van der Waals surface area contributed by atoms with E-state index in [1.807, 2.05) is 0 Å². The minimum Gasteiger partial charge on any atom is -0.481 e. The molecule has 10 heteroatoms. The van der Waals surface area contributed by atoms with Crippen LogP contribution in [-0.4, -0.2) is 53.2 Å². The van der Waals surface area contributed by atoms with Crippen molar-refractivity contribution >= 4 is 23.6 Å². The molecule has 1 heterocycles. The second-order valence-electron chi connectivity index (χ2n) is 6.02. The highest BCUT2D eigenvalue weighted by atomic mass is 19.4. The van der Waals surface area contributed by atoms with Crippen LogP contribution in [0.4, 0.5) is 23.7 Å². The number of carboxylic acids is 1. The van der Waals surface area contributed by atoms with Crippen LogP contribution in [0.15, 0.2) is 30.3 Å². The number of benzene rings is 1. The fourth-order valence-electron chi connectivity index (χ4n) is 2.79. The Morgan fingerprint density at radius 3 is 2.31 bits per heavy atom. The first-order valence-electron chi connectivity index (χ1n) is 7.80. The summed E-state index contributed by atoms with van der Waals surface area (Å²) in [7, 11) is 0. The van der Waals surface area contributed by atoms with Gasteiger partial charge in [0.15, 0.2) is 0 Å². The number of hydrogen-bond donors (Lipinski definition) is 3. The number of likely N-dealkylation sites (tertiary alicyclic amines) is 1. The number of para-hydroxylation sites is 1. The van der Waals surface area contributed by atoms with Gasteiger partial charge in [-0.05, 0) is 19.1 Å². The molecule has 3 N–H and O–H groups in total. The molecule has 0 aliphatic carbocycles. The van der Waals surface area contributed by atoms with E-state index in [1.54, 1.807) is 30.3 Å². The Morgan fingerprint density at radius 1 is 1.19 bits per heavy atom. The molecular formula is C16H18F3N3O4. The zero-order valence-corrected chi connectivity index (χ0v) is 13.8. The second-order valence-corrected chi connectivity index (χ2v) is 6.02. The molecule has 7 nitrogen and oxygen atoms in total. The van der Waals surface area contributed by atoms with Crippen molar-refractivity contribution in [1.82, 2.24) is 10.2 Å². The van der Waals surface area contributed by atoms with Gasteiger partial charge in [0.25, 0.3) is 0 Å². The van der Waals surface area contributed by atoms with Crippen molar-refractivity contribution in [3.8, 4) is 0 Å². The summed E-state index contributed by atoms with van der Waals surface area (Å²) in [6, 6.07) is 6.57. The van der Waals surface area contributed by atoms with Crippen molar-refractivity contribution in [2.75, 3.05) is 18.4 Å². The number of nitrogens with zero attached hydrogens (tertiary/aromatic N) is 1. The van der Waals surface area contributed by atoms with Crippen LogP contribution in [0.3, 0.4) is 0 Å². The molecule has 3 amide bonds. The van der Waals surface area contributed by atoms with Gasteiger partial charge in [-0.3, -0.25) is 9.59 Å². The van der Waals surface area contributed by atoms with Crippen molar-refractivity contribution in [3.63, 3.8) is 0 Å². The average Bonchev–Trinajstić information content (AvgIpc) is 3.00. The van der Waals surface area contributed by atoms with Gasteiger partial charge < -0.3 is 20.6 Å². The third-order valence-corrected chi connectivity index (χ3v) is 4.12. The van der Waals surface area contributed by atoms with Crippen molar-refractivity contribution < 1.29 is 32.7 Å². The Kier molecular flexibility index (Phi) is 5.73. The topological polar surface area (TPSA) is 98.7 Å². The van der Waals surface area contributed by atoms with Gasteiger partial charge in [-0.2, -0.15) is 13.2 Å². The smallest absolute Gasteiger partial charge is 0.394 e. The Morgan fingerprint density at radius 2 is 1.81 bits per heavy atom. The lowest BCUT2D eigenvalue weighted by atomic mass is 9.96. The van der Waals surface area contributed by atoms with Crippen LogP contribution in [0.1, 0.15) is 6.92 Å². The third-order valence-electron chi connectivity index (χ3n) is 4.12. The van der Waals surface area contributed by atoms with Gasteiger partial charge >= 0.3 is 18.2 Å². The summed E-state index contributed by atoms with van der Waals surface area (Å²) in [5, 5.41) is 13.8. The number of alkyl halides is 3. The lowest BCUT2D eigenvalue weighted by molar-refractivity contribution is -0.188. The van der Waals surface area contributed by atoms with E-state index in [1.165, 1.54) is 6.92 Å². The highest BCUT2D eigenvalue weighted by molar-refractivity contribution is 5.93. The molecule has 0 bridgehead atoms. The van der Waals surface area contributed by atoms with Crippen molar-refractivity contribution in [2.24, 2.45) is 11.8 Å². The summed E-state index contributed by atoms with van der Waals surface area (Å²) in [5.74, 6) is -6.23. The molecule has 1 saturated heterocycles. The number of carbonyl (C=O) groups is 3. The van der Waals surface area contributed by atoms with Gasteiger partial charge in [0.2, 0.25) is 5.91 Å². The monoisotopic (exact) mass is 373 g/mol. The number of urea groups is 1. The highest BCUT2D eigenvalue weighted by Crippen LogP contribution is 2.37. The Bertz CT molecular complexity index is 681. The number of halogens is 3. The Hall–Kier alpha value is -2.78. The van der Waals surface area contributed by atoms with E-state index in [0.29, 0.717) is 5.69 Å². The molecule has 1 fully saturated rings. The maximum Gasteiger partial charge on any atom is 0.394 e. The average molecular weight is 373 g/mol. The molecule has 1 aromatic carbocycles. The molecule has 142 valence electrons. The molecule has 0 spiro atoms. The largest absolute Gasteiger partial charge is 0.481 e. The zero-order valence-electron chi connectivity index (χ0n) is 13.8. The predicted octanol–water partition coefficient (Wildman–Crippen LogP) is 1.92. The van der Waals surface area contributed by atoms with Crippen LogP contribution in [-0.2, 0) is 9.59 Å². The van der Waals surface area contributed by atoms with Gasteiger partial charge in [-0.15, -0.1) is 0 Å². The van der Waals surface area contributed by atoms with E-state index in [9.17, 15) is 27.6 Å². The quantitative estimate of drug-likeness (QED) is 0.751. The highest BCUT2D eigenvalue weighted by Gasteiger charge is 2.53. The van der Waals surface area contributed by atoms with Crippen LogP contribution in [0.5, 0.6) is 0 Å². The number of carbonyl (C=O) groups excluding carboxylic acids is 2. The normalized spacial score (nSPS) is 21.2. The number of rotatable bonds is 4. The number of anilines is 1. The van der Waals surface area contributed by atoms with E-state index in [2.05, 4.69) is 10.6 Å². The van der Waals surface area contributed by atoms with Crippen LogP contribution < -0.4 is 10.6 Å².